The van der Waals surface area contributed by atoms with Crippen LogP contribution in [0, 0.1) is 5.92 Å². The van der Waals surface area contributed by atoms with Gasteiger partial charge < -0.3 is 15.1 Å². The molecule has 0 aliphatic carbocycles. The maximum atomic E-state index is 13.1. The van der Waals surface area contributed by atoms with Gasteiger partial charge in [0, 0.05) is 31.6 Å². The molecule has 3 rings (SSSR count). The summed E-state index contributed by atoms with van der Waals surface area (Å²) in [4.78, 5) is 17.7. The number of nitrogens with zero attached hydrogens (tertiary/aromatic N) is 2. The third-order valence-corrected chi connectivity index (χ3v) is 5.32. The van der Waals surface area contributed by atoms with E-state index in [1.54, 1.807) is 0 Å². The Balaban J connectivity index is 1.68. The van der Waals surface area contributed by atoms with Crippen LogP contribution < -0.4 is 5.32 Å². The first-order chi connectivity index (χ1) is 11.2. The Morgan fingerprint density at radius 3 is 2.48 bits per heavy atom. The summed E-state index contributed by atoms with van der Waals surface area (Å²) in [6, 6.07) is 11.2. The molecule has 4 nitrogen and oxygen atoms in total. The average molecular weight is 315 g/mol. The van der Waals surface area contributed by atoms with Crippen molar-refractivity contribution >= 4 is 5.91 Å². The molecule has 2 saturated heterocycles. The molecular formula is C19H29N3O. The molecular weight excluding hydrogens is 286 g/mol. The van der Waals surface area contributed by atoms with Crippen molar-refractivity contribution in [3.05, 3.63) is 35.9 Å². The summed E-state index contributed by atoms with van der Waals surface area (Å²) in [6.07, 6.45) is 2.00. The number of hydrogen-bond donors (Lipinski definition) is 1. The van der Waals surface area contributed by atoms with Crippen LogP contribution in [0.1, 0.15) is 38.3 Å². The van der Waals surface area contributed by atoms with Gasteiger partial charge in [-0.15, -0.1) is 0 Å². The van der Waals surface area contributed by atoms with Gasteiger partial charge in [0.15, 0.2) is 0 Å². The molecule has 126 valence electrons. The van der Waals surface area contributed by atoms with Crippen LogP contribution >= 0.6 is 0 Å². The van der Waals surface area contributed by atoms with Crippen LogP contribution in [0.15, 0.2) is 30.3 Å². The normalized spacial score (nSPS) is 24.1. The summed E-state index contributed by atoms with van der Waals surface area (Å²) >= 11 is 0. The topological polar surface area (TPSA) is 35.6 Å². The van der Waals surface area contributed by atoms with E-state index in [-0.39, 0.29) is 12.0 Å². The van der Waals surface area contributed by atoms with Crippen LogP contribution in [-0.4, -0.2) is 54.5 Å². The molecule has 23 heavy (non-hydrogen) atoms. The highest BCUT2D eigenvalue weighted by molar-refractivity contribution is 5.79. The zero-order valence-corrected chi connectivity index (χ0v) is 14.4. The first-order valence-electron chi connectivity index (χ1n) is 8.97. The Morgan fingerprint density at radius 2 is 1.83 bits per heavy atom. The number of piperidine rings is 1. The van der Waals surface area contributed by atoms with Crippen molar-refractivity contribution in [2.75, 3.05) is 32.7 Å². The van der Waals surface area contributed by atoms with Crippen LogP contribution in [0.25, 0.3) is 0 Å². The molecule has 2 heterocycles. The molecule has 1 aromatic carbocycles. The molecule has 0 bridgehead atoms. The van der Waals surface area contributed by atoms with Gasteiger partial charge in [0.2, 0.25) is 5.91 Å². The summed E-state index contributed by atoms with van der Waals surface area (Å²) in [7, 11) is 0. The standard InChI is InChI=1S/C19H29N3O/c1-15(2)21-11-8-17(9-12-21)19(23)22-13-10-20-14-18(22)16-6-4-3-5-7-16/h3-7,15,17-18,20H,8-14H2,1-2H3/t18-/m1/s1. The molecule has 2 aliphatic heterocycles. The predicted molar refractivity (Wildman–Crippen MR) is 93.2 cm³/mol. The van der Waals surface area contributed by atoms with Gasteiger partial charge in [0.25, 0.3) is 0 Å². The Labute approximate surface area is 139 Å². The third-order valence-electron chi connectivity index (χ3n) is 5.32. The molecule has 0 saturated carbocycles. The summed E-state index contributed by atoms with van der Waals surface area (Å²) in [6.45, 7) is 9.17. The number of rotatable bonds is 3. The molecule has 0 spiro atoms. The largest absolute Gasteiger partial charge is 0.333 e. The lowest BCUT2D eigenvalue weighted by Gasteiger charge is -2.41. The van der Waals surface area contributed by atoms with Crippen molar-refractivity contribution in [1.82, 2.24) is 15.1 Å². The quantitative estimate of drug-likeness (QED) is 0.929. The summed E-state index contributed by atoms with van der Waals surface area (Å²) in [5.74, 6) is 0.568. The molecule has 2 aliphatic rings. The van der Waals surface area contributed by atoms with Gasteiger partial charge in [-0.05, 0) is 45.3 Å². The van der Waals surface area contributed by atoms with Crippen molar-refractivity contribution < 1.29 is 4.79 Å². The number of benzene rings is 1. The minimum Gasteiger partial charge on any atom is -0.333 e. The molecule has 2 fully saturated rings. The van der Waals surface area contributed by atoms with Gasteiger partial charge in [-0.25, -0.2) is 0 Å². The molecule has 1 N–H and O–H groups in total. The second-order valence-electron chi connectivity index (χ2n) is 7.07. The van der Waals surface area contributed by atoms with Gasteiger partial charge in [-0.2, -0.15) is 0 Å². The number of hydrogen-bond acceptors (Lipinski definition) is 3. The van der Waals surface area contributed by atoms with E-state index in [2.05, 4.69) is 53.2 Å². The van der Waals surface area contributed by atoms with Crippen LogP contribution in [0.3, 0.4) is 0 Å². The predicted octanol–water partition coefficient (Wildman–Crippen LogP) is 2.28. The van der Waals surface area contributed by atoms with Crippen LogP contribution in [0.4, 0.5) is 0 Å². The Hall–Kier alpha value is -1.39. The number of carbonyl (C=O) groups excluding carboxylic acids is 1. The van der Waals surface area contributed by atoms with E-state index in [1.165, 1.54) is 5.56 Å². The lowest BCUT2D eigenvalue weighted by atomic mass is 9.92. The van der Waals surface area contributed by atoms with E-state index < -0.39 is 0 Å². The van der Waals surface area contributed by atoms with Crippen molar-refractivity contribution in [1.29, 1.82) is 0 Å². The van der Waals surface area contributed by atoms with E-state index >= 15 is 0 Å². The molecule has 4 heteroatoms. The maximum Gasteiger partial charge on any atom is 0.226 e. The van der Waals surface area contributed by atoms with E-state index in [0.29, 0.717) is 11.9 Å². The lowest BCUT2D eigenvalue weighted by molar-refractivity contribution is -0.140. The van der Waals surface area contributed by atoms with E-state index in [9.17, 15) is 4.79 Å². The first-order valence-corrected chi connectivity index (χ1v) is 8.97. The third kappa shape index (κ3) is 3.75. The molecule has 0 aromatic heterocycles. The van der Waals surface area contributed by atoms with Crippen LogP contribution in [0.2, 0.25) is 0 Å². The molecule has 0 unspecified atom stereocenters. The molecule has 0 radical (unpaired) electrons. The second-order valence-corrected chi connectivity index (χ2v) is 7.07. The average Bonchev–Trinajstić information content (AvgIpc) is 2.62. The number of amides is 1. The van der Waals surface area contributed by atoms with Crippen LogP contribution in [0.5, 0.6) is 0 Å². The Morgan fingerprint density at radius 1 is 1.13 bits per heavy atom. The van der Waals surface area contributed by atoms with Gasteiger partial charge in [0.1, 0.15) is 0 Å². The number of piperazine rings is 1. The van der Waals surface area contributed by atoms with Crippen molar-refractivity contribution in [2.45, 2.75) is 38.8 Å². The van der Waals surface area contributed by atoms with E-state index in [1.807, 2.05) is 6.07 Å². The van der Waals surface area contributed by atoms with Gasteiger partial charge in [-0.3, -0.25) is 4.79 Å². The van der Waals surface area contributed by atoms with Gasteiger partial charge in [-0.1, -0.05) is 30.3 Å². The summed E-state index contributed by atoms with van der Waals surface area (Å²) in [5.41, 5.74) is 1.24. The zero-order chi connectivity index (χ0) is 16.2. The fourth-order valence-corrected chi connectivity index (χ4v) is 3.84. The monoisotopic (exact) mass is 315 g/mol. The fraction of sp³-hybridized carbons (Fsp3) is 0.632. The van der Waals surface area contributed by atoms with Crippen molar-refractivity contribution in [3.8, 4) is 0 Å². The number of carbonyl (C=O) groups is 1. The van der Waals surface area contributed by atoms with Crippen molar-refractivity contribution in [2.24, 2.45) is 5.92 Å². The highest BCUT2D eigenvalue weighted by Gasteiger charge is 2.34. The highest BCUT2D eigenvalue weighted by atomic mass is 16.2. The summed E-state index contributed by atoms with van der Waals surface area (Å²) in [5, 5.41) is 3.44. The minimum absolute atomic E-state index is 0.181. The van der Waals surface area contributed by atoms with Gasteiger partial charge in [0.05, 0.1) is 6.04 Å². The van der Waals surface area contributed by atoms with Crippen LogP contribution in [-0.2, 0) is 4.79 Å². The summed E-state index contributed by atoms with van der Waals surface area (Å²) < 4.78 is 0. The van der Waals surface area contributed by atoms with Crippen molar-refractivity contribution in [3.63, 3.8) is 0 Å². The van der Waals surface area contributed by atoms with Gasteiger partial charge >= 0.3 is 0 Å². The molecule has 1 amide bonds. The van der Waals surface area contributed by atoms with E-state index in [4.69, 9.17) is 0 Å². The lowest BCUT2D eigenvalue weighted by Crippen LogP contribution is -2.52. The molecule has 1 atom stereocenters. The second kappa shape index (κ2) is 7.45. The Kier molecular flexibility index (Phi) is 5.34. The van der Waals surface area contributed by atoms with E-state index in [0.717, 1.165) is 45.6 Å². The number of nitrogens with one attached hydrogen (secondary N) is 1. The highest BCUT2D eigenvalue weighted by Crippen LogP contribution is 2.27. The number of likely N-dealkylation sites (tertiary alicyclic amines) is 1. The minimum atomic E-state index is 0.181. The zero-order valence-electron chi connectivity index (χ0n) is 14.4. The fourth-order valence-electron chi connectivity index (χ4n) is 3.84. The SMILES string of the molecule is CC(C)N1CCC(C(=O)N2CCNC[C@@H]2c2ccccc2)CC1. The smallest absolute Gasteiger partial charge is 0.226 e. The maximum absolute atomic E-state index is 13.1. The molecule has 1 aromatic rings. The Bertz CT molecular complexity index is 509. The first kappa shape index (κ1) is 16.5.